The molecule has 5 nitrogen and oxygen atoms in total. The van der Waals surface area contributed by atoms with Gasteiger partial charge in [0.05, 0.1) is 4.90 Å². The number of rotatable bonds is 7. The fourth-order valence-corrected chi connectivity index (χ4v) is 2.18. The molecule has 106 valence electrons. The molecule has 0 saturated carbocycles. The fraction of sp³-hybridized carbons (Fsp3) is 0.462. The third-order valence-corrected chi connectivity index (χ3v) is 3.75. The normalized spacial score (nSPS) is 12.9. The van der Waals surface area contributed by atoms with Crippen LogP contribution >= 0.6 is 0 Å². The Morgan fingerprint density at radius 1 is 1.32 bits per heavy atom. The van der Waals surface area contributed by atoms with Crippen LogP contribution in [0.5, 0.6) is 5.75 Å². The van der Waals surface area contributed by atoms with E-state index in [0.717, 1.165) is 19.1 Å². The second kappa shape index (κ2) is 6.56. The molecule has 1 N–H and O–H groups in total. The maximum atomic E-state index is 11.3. The van der Waals surface area contributed by atoms with Gasteiger partial charge in [-0.2, -0.15) is 0 Å². The SMILES string of the molecule is CCCC[C@@H](Oc1ccc(S(C)(=O)=O)cc1)C(=O)O. The Bertz CT molecular complexity index is 518. The average molecular weight is 286 g/mol. The minimum atomic E-state index is -3.25. The monoisotopic (exact) mass is 286 g/mol. The molecule has 0 bridgehead atoms. The van der Waals surface area contributed by atoms with Crippen molar-refractivity contribution in [3.05, 3.63) is 24.3 Å². The molecule has 1 atom stereocenters. The fourth-order valence-electron chi connectivity index (χ4n) is 1.55. The minimum absolute atomic E-state index is 0.181. The van der Waals surface area contributed by atoms with Gasteiger partial charge >= 0.3 is 5.97 Å². The summed E-state index contributed by atoms with van der Waals surface area (Å²) in [6.07, 6.45) is 2.30. The van der Waals surface area contributed by atoms with E-state index >= 15 is 0 Å². The summed E-state index contributed by atoms with van der Waals surface area (Å²) in [5.74, 6) is -0.656. The van der Waals surface area contributed by atoms with E-state index in [4.69, 9.17) is 9.84 Å². The largest absolute Gasteiger partial charge is 0.479 e. The molecule has 1 aromatic rings. The number of carbonyl (C=O) groups is 1. The number of aliphatic carboxylic acids is 1. The predicted molar refractivity (Wildman–Crippen MR) is 71.1 cm³/mol. The lowest BCUT2D eigenvalue weighted by atomic mass is 10.1. The summed E-state index contributed by atoms with van der Waals surface area (Å²) >= 11 is 0. The van der Waals surface area contributed by atoms with E-state index in [1.54, 1.807) is 0 Å². The number of benzene rings is 1. The summed E-state index contributed by atoms with van der Waals surface area (Å²) in [6, 6.07) is 5.75. The third kappa shape index (κ3) is 4.90. The highest BCUT2D eigenvalue weighted by Gasteiger charge is 2.18. The molecule has 0 aromatic heterocycles. The quantitative estimate of drug-likeness (QED) is 0.830. The van der Waals surface area contributed by atoms with Crippen molar-refractivity contribution >= 4 is 15.8 Å². The van der Waals surface area contributed by atoms with Crippen LogP contribution in [0.3, 0.4) is 0 Å². The van der Waals surface area contributed by atoms with Gasteiger partial charge in [-0.05, 0) is 37.1 Å². The zero-order chi connectivity index (χ0) is 14.5. The van der Waals surface area contributed by atoms with Gasteiger partial charge in [0.2, 0.25) is 0 Å². The first-order valence-corrected chi connectivity index (χ1v) is 7.93. The van der Waals surface area contributed by atoms with E-state index in [2.05, 4.69) is 0 Å². The zero-order valence-corrected chi connectivity index (χ0v) is 11.8. The summed E-state index contributed by atoms with van der Waals surface area (Å²) < 4.78 is 27.9. The first kappa shape index (κ1) is 15.5. The molecule has 0 aliphatic heterocycles. The lowest BCUT2D eigenvalue weighted by molar-refractivity contribution is -0.145. The summed E-state index contributed by atoms with van der Waals surface area (Å²) in [7, 11) is -3.25. The van der Waals surface area contributed by atoms with Gasteiger partial charge in [0, 0.05) is 6.26 Å². The van der Waals surface area contributed by atoms with Gasteiger partial charge in [0.25, 0.3) is 0 Å². The van der Waals surface area contributed by atoms with Crippen LogP contribution in [0, 0.1) is 0 Å². The van der Waals surface area contributed by atoms with Gasteiger partial charge < -0.3 is 9.84 Å². The van der Waals surface area contributed by atoms with Gasteiger partial charge in [0.1, 0.15) is 5.75 Å². The molecule has 0 amide bonds. The van der Waals surface area contributed by atoms with Crippen molar-refractivity contribution in [3.63, 3.8) is 0 Å². The smallest absolute Gasteiger partial charge is 0.344 e. The second-order valence-corrected chi connectivity index (χ2v) is 6.35. The Morgan fingerprint density at radius 3 is 2.32 bits per heavy atom. The van der Waals surface area contributed by atoms with Crippen molar-refractivity contribution in [2.75, 3.05) is 6.26 Å². The van der Waals surface area contributed by atoms with E-state index in [9.17, 15) is 13.2 Å². The van der Waals surface area contributed by atoms with Crippen molar-refractivity contribution in [1.29, 1.82) is 0 Å². The van der Waals surface area contributed by atoms with E-state index < -0.39 is 21.9 Å². The molecule has 0 heterocycles. The summed E-state index contributed by atoms with van der Waals surface area (Å²) in [5, 5.41) is 9.02. The van der Waals surface area contributed by atoms with Gasteiger partial charge in [-0.1, -0.05) is 13.3 Å². The molecular weight excluding hydrogens is 268 g/mol. The summed E-state index contributed by atoms with van der Waals surface area (Å²) in [6.45, 7) is 1.97. The van der Waals surface area contributed by atoms with Gasteiger partial charge in [-0.25, -0.2) is 13.2 Å². The molecule has 19 heavy (non-hydrogen) atoms. The minimum Gasteiger partial charge on any atom is -0.479 e. The molecule has 0 saturated heterocycles. The highest BCUT2D eigenvalue weighted by Crippen LogP contribution is 2.18. The summed E-state index contributed by atoms with van der Waals surface area (Å²) in [5.41, 5.74) is 0. The number of hydrogen-bond donors (Lipinski definition) is 1. The van der Waals surface area contributed by atoms with E-state index in [-0.39, 0.29) is 4.90 Å². The van der Waals surface area contributed by atoms with E-state index in [0.29, 0.717) is 12.2 Å². The molecule has 0 spiro atoms. The molecule has 0 aliphatic carbocycles. The van der Waals surface area contributed by atoms with Crippen LogP contribution in [0.1, 0.15) is 26.2 Å². The average Bonchev–Trinajstić information content (AvgIpc) is 2.33. The third-order valence-electron chi connectivity index (χ3n) is 2.63. The maximum absolute atomic E-state index is 11.3. The number of sulfone groups is 1. The first-order valence-electron chi connectivity index (χ1n) is 6.04. The summed E-state index contributed by atoms with van der Waals surface area (Å²) in [4.78, 5) is 11.2. The van der Waals surface area contributed by atoms with Crippen LogP contribution in [0.25, 0.3) is 0 Å². The molecule has 1 aromatic carbocycles. The Kier molecular flexibility index (Phi) is 5.35. The topological polar surface area (TPSA) is 80.7 Å². The lowest BCUT2D eigenvalue weighted by Gasteiger charge is -2.14. The first-order chi connectivity index (χ1) is 8.84. The Morgan fingerprint density at radius 2 is 1.89 bits per heavy atom. The van der Waals surface area contributed by atoms with Crippen LogP contribution < -0.4 is 4.74 Å². The molecule has 1 rings (SSSR count). The highest BCUT2D eigenvalue weighted by atomic mass is 32.2. The van der Waals surface area contributed by atoms with Crippen LogP contribution in [0.2, 0.25) is 0 Å². The Labute approximate surface area is 113 Å². The molecule has 0 fully saturated rings. The second-order valence-electron chi connectivity index (χ2n) is 4.33. The van der Waals surface area contributed by atoms with E-state index in [1.807, 2.05) is 6.92 Å². The Balaban J connectivity index is 2.78. The van der Waals surface area contributed by atoms with Gasteiger partial charge in [-0.3, -0.25) is 0 Å². The van der Waals surface area contributed by atoms with Gasteiger partial charge in [-0.15, -0.1) is 0 Å². The van der Waals surface area contributed by atoms with Crippen LogP contribution in [0.4, 0.5) is 0 Å². The molecular formula is C13H18O5S. The van der Waals surface area contributed by atoms with Crippen molar-refractivity contribution in [2.45, 2.75) is 37.2 Å². The van der Waals surface area contributed by atoms with Gasteiger partial charge in [0.15, 0.2) is 15.9 Å². The molecule has 6 heteroatoms. The van der Waals surface area contributed by atoms with Crippen LogP contribution in [0.15, 0.2) is 29.2 Å². The maximum Gasteiger partial charge on any atom is 0.344 e. The van der Waals surface area contributed by atoms with Crippen molar-refractivity contribution in [2.24, 2.45) is 0 Å². The molecule has 0 radical (unpaired) electrons. The highest BCUT2D eigenvalue weighted by molar-refractivity contribution is 7.90. The van der Waals surface area contributed by atoms with Crippen molar-refractivity contribution < 1.29 is 23.1 Å². The molecule has 0 unspecified atom stereocenters. The standard InChI is InChI=1S/C13H18O5S/c1-3-4-5-12(13(14)15)18-10-6-8-11(9-7-10)19(2,16)17/h6-9,12H,3-5H2,1-2H3,(H,14,15)/t12-/m1/s1. The number of carboxylic acids is 1. The Hall–Kier alpha value is -1.56. The number of hydrogen-bond acceptors (Lipinski definition) is 4. The lowest BCUT2D eigenvalue weighted by Crippen LogP contribution is -2.26. The number of unbranched alkanes of at least 4 members (excludes halogenated alkanes) is 1. The number of carboxylic acid groups (broad SMARTS) is 1. The van der Waals surface area contributed by atoms with Crippen molar-refractivity contribution in [3.8, 4) is 5.75 Å². The van der Waals surface area contributed by atoms with Crippen LogP contribution in [-0.2, 0) is 14.6 Å². The predicted octanol–water partition coefficient (Wildman–Crippen LogP) is 2.11. The number of ether oxygens (including phenoxy) is 1. The van der Waals surface area contributed by atoms with Crippen LogP contribution in [-0.4, -0.2) is 31.9 Å². The molecule has 0 aliphatic rings. The van der Waals surface area contributed by atoms with Crippen molar-refractivity contribution in [1.82, 2.24) is 0 Å². The zero-order valence-electron chi connectivity index (χ0n) is 11.0. The van der Waals surface area contributed by atoms with E-state index in [1.165, 1.54) is 24.3 Å².